The molecule has 0 saturated carbocycles. The Morgan fingerprint density at radius 3 is 0.845 bits per heavy atom. The van der Waals surface area contributed by atoms with Crippen LogP contribution in [0.5, 0.6) is 0 Å². The smallest absolute Gasteiger partial charge is 0.136 e. The van der Waals surface area contributed by atoms with E-state index in [1.165, 1.54) is 116 Å². The number of anilines is 6. The number of benzene rings is 23. The quantitative estimate of drug-likeness (QED) is 0.0857. The van der Waals surface area contributed by atoms with E-state index in [0.717, 1.165) is 128 Å². The van der Waals surface area contributed by atoms with E-state index >= 15 is 0 Å². The maximum Gasteiger partial charge on any atom is 0.136 e. The summed E-state index contributed by atoms with van der Waals surface area (Å²) in [6, 6.07) is 203. The molecule has 0 aliphatic heterocycles. The minimum Gasteiger partial charge on any atom is -0.456 e. The van der Waals surface area contributed by atoms with Crippen LogP contribution in [0.1, 0.15) is 44.5 Å². The molecule has 4 nitrogen and oxygen atoms in total. The van der Waals surface area contributed by atoms with E-state index in [-0.39, 0.29) is 0 Å². The second-order valence-corrected chi connectivity index (χ2v) is 37.0. The standard InChI is InChI=1S/C71H47NO.C67H45NO/c1-3-19-54(20-4-1)71(55-21-5-2-6-22-55)65-29-12-9-26-64(65)70-61(28-16-30-66(70)71)52-39-44-57(45-40-52)72(67-31-13-10-24-60(67)53-41-46-63-62-25-11-14-32-68(62)73-69(63)47-53)56-42-37-49(38-43-56)48-33-35-51(36-34-48)59-27-15-18-50-17-7-8-23-58(50)59;1-4-19-46(20-5-1)47-35-37-48(38-36-47)54-25-11-15-32-62(54)68(63-33-16-12-26-55(63)50-41-44-58-57-27-13-17-34-64(57)69-65(58)45-50)53-42-39-49(40-43-53)56-29-18-31-61-66(56)59-28-10-14-30-60(59)67(61,51-21-6-2-7-22-51)52-23-8-3-9-24-52/h1-47H;1-45H. The Labute approximate surface area is 826 Å². The first-order valence-electron chi connectivity index (χ1n) is 48.9. The average molecular weight is 1810 g/mol. The van der Waals surface area contributed by atoms with Gasteiger partial charge >= 0.3 is 0 Å². The molecule has 0 amide bonds. The Kier molecular flexibility index (Phi) is 21.1. The van der Waals surface area contributed by atoms with Crippen LogP contribution in [0.2, 0.25) is 0 Å². The molecule has 0 N–H and O–H groups in total. The molecule has 2 aromatic heterocycles. The molecule has 2 aliphatic rings. The summed E-state index contributed by atoms with van der Waals surface area (Å²) in [5.41, 5.74) is 42.9. The molecule has 4 heteroatoms. The number of furan rings is 2. The molecule has 2 heterocycles. The summed E-state index contributed by atoms with van der Waals surface area (Å²) in [5.74, 6) is 0. The van der Waals surface area contributed by atoms with Gasteiger partial charge in [-0.15, -0.1) is 0 Å². The molecule has 142 heavy (non-hydrogen) atoms. The topological polar surface area (TPSA) is 32.8 Å². The summed E-state index contributed by atoms with van der Waals surface area (Å²) in [4.78, 5) is 4.83. The summed E-state index contributed by atoms with van der Waals surface area (Å²) < 4.78 is 12.9. The highest BCUT2D eigenvalue weighted by atomic mass is 16.3. The predicted octanol–water partition coefficient (Wildman–Crippen LogP) is 37.3. The Bertz CT molecular complexity index is 8960. The number of hydrogen-bond acceptors (Lipinski definition) is 4. The van der Waals surface area contributed by atoms with Gasteiger partial charge in [-0.05, 0) is 241 Å². The maximum absolute atomic E-state index is 6.46. The first kappa shape index (κ1) is 84.1. The van der Waals surface area contributed by atoms with Crippen molar-refractivity contribution in [3.8, 4) is 111 Å². The van der Waals surface area contributed by atoms with Crippen LogP contribution in [0.15, 0.2) is 567 Å². The van der Waals surface area contributed by atoms with Gasteiger partial charge in [-0.25, -0.2) is 0 Å². The van der Waals surface area contributed by atoms with E-state index in [2.05, 4.69) is 544 Å². The van der Waals surface area contributed by atoms with Gasteiger partial charge < -0.3 is 18.6 Å². The molecule has 2 aliphatic carbocycles. The van der Waals surface area contributed by atoms with Gasteiger partial charge in [0.15, 0.2) is 0 Å². The third kappa shape index (κ3) is 14.3. The van der Waals surface area contributed by atoms with Crippen molar-refractivity contribution < 1.29 is 8.83 Å². The van der Waals surface area contributed by atoms with E-state index in [0.29, 0.717) is 0 Å². The highest BCUT2D eigenvalue weighted by molar-refractivity contribution is 6.09. The average Bonchev–Trinajstić information content (AvgIpc) is 1.53. The lowest BCUT2D eigenvalue weighted by atomic mass is 9.67. The van der Waals surface area contributed by atoms with Crippen LogP contribution >= 0.6 is 0 Å². The molecular formula is C138H92N2O2. The molecular weight excluding hydrogens is 1720 g/mol. The fourth-order valence-electron chi connectivity index (χ4n) is 23.0. The highest BCUT2D eigenvalue weighted by Crippen LogP contribution is 2.61. The van der Waals surface area contributed by atoms with Crippen molar-refractivity contribution in [2.45, 2.75) is 10.8 Å². The molecule has 23 aromatic carbocycles. The van der Waals surface area contributed by atoms with Crippen LogP contribution in [0, 0.1) is 0 Å². The van der Waals surface area contributed by atoms with Crippen molar-refractivity contribution in [3.05, 3.63) is 603 Å². The van der Waals surface area contributed by atoms with E-state index in [1.54, 1.807) is 0 Å². The van der Waals surface area contributed by atoms with Crippen LogP contribution in [0.25, 0.3) is 166 Å². The summed E-state index contributed by atoms with van der Waals surface area (Å²) in [7, 11) is 0. The summed E-state index contributed by atoms with van der Waals surface area (Å²) >= 11 is 0. The first-order chi connectivity index (χ1) is 70.4. The normalized spacial score (nSPS) is 12.5. The third-order valence-electron chi connectivity index (χ3n) is 29.4. The van der Waals surface area contributed by atoms with Crippen LogP contribution in [-0.4, -0.2) is 0 Å². The molecule has 27 rings (SSSR count). The number of para-hydroxylation sites is 5. The zero-order valence-electron chi connectivity index (χ0n) is 77.8. The Morgan fingerprint density at radius 1 is 0.148 bits per heavy atom. The van der Waals surface area contributed by atoms with E-state index in [1.807, 2.05) is 24.3 Å². The molecule has 0 bridgehead atoms. The molecule has 666 valence electrons. The lowest BCUT2D eigenvalue weighted by Crippen LogP contribution is -2.28. The van der Waals surface area contributed by atoms with Crippen molar-refractivity contribution in [1.82, 2.24) is 0 Å². The van der Waals surface area contributed by atoms with E-state index in [9.17, 15) is 0 Å². The van der Waals surface area contributed by atoms with Gasteiger partial charge in [0.2, 0.25) is 0 Å². The second-order valence-electron chi connectivity index (χ2n) is 37.0. The van der Waals surface area contributed by atoms with Gasteiger partial charge in [-0.3, -0.25) is 0 Å². The van der Waals surface area contributed by atoms with Crippen molar-refractivity contribution in [1.29, 1.82) is 0 Å². The van der Waals surface area contributed by atoms with Crippen molar-refractivity contribution in [3.63, 3.8) is 0 Å². The fourth-order valence-corrected chi connectivity index (χ4v) is 23.0. The summed E-state index contributed by atoms with van der Waals surface area (Å²) in [6.07, 6.45) is 0. The van der Waals surface area contributed by atoms with Crippen LogP contribution < -0.4 is 9.80 Å². The van der Waals surface area contributed by atoms with Crippen molar-refractivity contribution in [2.75, 3.05) is 9.80 Å². The number of fused-ring (bicyclic) bond motifs is 13. The number of nitrogens with zero attached hydrogens (tertiary/aromatic N) is 2. The highest BCUT2D eigenvalue weighted by Gasteiger charge is 2.49. The monoisotopic (exact) mass is 1810 g/mol. The first-order valence-corrected chi connectivity index (χ1v) is 48.9. The van der Waals surface area contributed by atoms with Gasteiger partial charge in [-0.1, -0.05) is 467 Å². The lowest BCUT2D eigenvalue weighted by molar-refractivity contribution is 0.668. The zero-order valence-corrected chi connectivity index (χ0v) is 77.8. The van der Waals surface area contributed by atoms with Gasteiger partial charge in [0.1, 0.15) is 22.3 Å². The van der Waals surface area contributed by atoms with Crippen LogP contribution in [0.3, 0.4) is 0 Å². The van der Waals surface area contributed by atoms with Crippen molar-refractivity contribution in [2.24, 2.45) is 0 Å². The van der Waals surface area contributed by atoms with Gasteiger partial charge in [0.25, 0.3) is 0 Å². The maximum atomic E-state index is 6.46. The number of rotatable bonds is 18. The lowest BCUT2D eigenvalue weighted by Gasteiger charge is -2.34. The molecule has 0 unspecified atom stereocenters. The molecule has 25 aromatic rings. The van der Waals surface area contributed by atoms with Gasteiger partial charge in [0.05, 0.1) is 27.9 Å². The molecule has 0 spiro atoms. The summed E-state index contributed by atoms with van der Waals surface area (Å²) in [5, 5.41) is 6.99. The second kappa shape index (κ2) is 35.6. The largest absolute Gasteiger partial charge is 0.456 e. The van der Waals surface area contributed by atoms with E-state index in [4.69, 9.17) is 8.83 Å². The predicted molar refractivity (Wildman–Crippen MR) is 592 cm³/mol. The SMILES string of the molecule is c1ccc(-c2ccc(-c3ccccc3N(c3ccc(-c4cccc5c4-c4ccccc4C5(c4ccccc4)c4ccccc4)cc3)c3ccccc3-c3ccc4c(c3)oc3ccccc34)cc2)cc1.c1ccc(C2(c3ccccc3)c3ccccc3-c3c(-c4ccc(N(c5ccc(-c6ccc(-c7cccc8ccccc78)cc6)cc5)c5ccccc5-c5ccc6c(c5)oc5ccccc56)cc4)cccc32)cc1. The van der Waals surface area contributed by atoms with Crippen LogP contribution in [-0.2, 0) is 10.8 Å². The van der Waals surface area contributed by atoms with E-state index < -0.39 is 10.8 Å². The molecule has 0 atom stereocenters. The molecule has 0 radical (unpaired) electrons. The fraction of sp³-hybridized carbons (Fsp3) is 0.0145. The Balaban J connectivity index is 0.000000146. The Morgan fingerprint density at radius 2 is 0.408 bits per heavy atom. The molecule has 0 fully saturated rings. The van der Waals surface area contributed by atoms with Crippen molar-refractivity contribution >= 4 is 88.8 Å². The number of hydrogen-bond donors (Lipinski definition) is 0. The Hall–Kier alpha value is -18.5. The third-order valence-corrected chi connectivity index (χ3v) is 29.4. The zero-order chi connectivity index (χ0) is 94.0. The van der Waals surface area contributed by atoms with Crippen LogP contribution in [0.4, 0.5) is 34.1 Å². The van der Waals surface area contributed by atoms with Gasteiger partial charge in [0, 0.05) is 55.3 Å². The van der Waals surface area contributed by atoms with Gasteiger partial charge in [-0.2, -0.15) is 0 Å². The molecule has 0 saturated heterocycles. The minimum atomic E-state index is -0.473. The minimum absolute atomic E-state index is 0.471. The summed E-state index contributed by atoms with van der Waals surface area (Å²) in [6.45, 7) is 0.